The summed E-state index contributed by atoms with van der Waals surface area (Å²) >= 11 is 0. The highest BCUT2D eigenvalue weighted by Gasteiger charge is 2.47. The average molecular weight is 1310 g/mol. The lowest BCUT2D eigenvalue weighted by Crippen LogP contribution is -2.39. The fourth-order valence-corrected chi connectivity index (χ4v) is 14.3. The van der Waals surface area contributed by atoms with Crippen LogP contribution in [0.3, 0.4) is 0 Å². The van der Waals surface area contributed by atoms with Gasteiger partial charge in [-0.15, -0.1) is 0 Å². The predicted molar refractivity (Wildman–Crippen MR) is 265 cm³/mol. The molecule has 0 N–H and O–H groups in total. The number of halogens is 4. The lowest BCUT2D eigenvalue weighted by molar-refractivity contribution is -0.0509. The molecule has 0 aromatic heterocycles. The van der Waals surface area contributed by atoms with Crippen LogP contribution in [0.25, 0.3) is 0 Å². The second kappa shape index (κ2) is 29.1. The van der Waals surface area contributed by atoms with Crippen molar-refractivity contribution >= 4 is 81.5 Å². The highest BCUT2D eigenvalue weighted by Crippen LogP contribution is 2.51. The summed E-state index contributed by atoms with van der Waals surface area (Å²) in [6.45, 7) is 7.64. The Kier molecular flexibility index (Phi) is 26.9. The molecule has 1 spiro atoms. The molecule has 9 fully saturated rings. The van der Waals surface area contributed by atoms with Crippen molar-refractivity contribution in [2.75, 3.05) is 101 Å². The van der Waals surface area contributed by atoms with E-state index in [0.717, 1.165) is 25.7 Å². The molecule has 8 aliphatic heterocycles. The van der Waals surface area contributed by atoms with Gasteiger partial charge in [-0.05, 0) is 70.1 Å². The standard InChI is InChI=1S/C6H9NO3S.C6H10O3S.C5H7NO3S.C5H10O4S.C5H10O3S.C4H6F2O3S.C4H7FO4S.C4H7FO3S/c1-6(4-7)2-3-11(8,9)10-5-6;7-10(8)4-3-6(1-2-6)5-9-10;6-3-5-1-2-10(7,8)9-4-5;1-5(2)3-8-10(6,7)9-4-5;1-5-2-3-9(6,7)8-4-5;5-4(6)1-2-10(7,8)9-3-4;1-4(5)2-8-10(6,7)9-3-4;5-4-1-2-9(6,7)8-3-4/h2-3,5H2,1H3;1-5H2;5H,1-2,4H2;3-4H2,1-2H3;5H,2-4H2,1H3;1-3H2;2-3H2,1H3;4H,1-3H2. The van der Waals surface area contributed by atoms with Crippen LogP contribution in [0.2, 0.25) is 0 Å². The zero-order valence-electron chi connectivity index (χ0n) is 43.5. The molecule has 40 heteroatoms. The van der Waals surface area contributed by atoms with E-state index in [0.29, 0.717) is 32.0 Å². The van der Waals surface area contributed by atoms with E-state index in [2.05, 4.69) is 37.6 Å². The van der Waals surface area contributed by atoms with Gasteiger partial charge < -0.3 is 0 Å². The first-order valence-corrected chi connectivity index (χ1v) is 35.6. The molecule has 0 bridgehead atoms. The van der Waals surface area contributed by atoms with Gasteiger partial charge in [-0.2, -0.15) is 77.9 Å². The van der Waals surface area contributed by atoms with E-state index in [-0.39, 0.29) is 85.0 Å². The Balaban J connectivity index is 0.000000309. The van der Waals surface area contributed by atoms with Gasteiger partial charge in [0.25, 0.3) is 66.6 Å². The fraction of sp³-hybridized carbons (Fsp3) is 0.949. The molecule has 1 aliphatic carbocycles. The first-order chi connectivity index (χ1) is 35.7. The third-order valence-corrected chi connectivity index (χ3v) is 20.2. The van der Waals surface area contributed by atoms with E-state index in [1.54, 1.807) is 6.92 Å². The molecule has 79 heavy (non-hydrogen) atoms. The van der Waals surface area contributed by atoms with Crippen LogP contribution in [0.5, 0.6) is 0 Å². The van der Waals surface area contributed by atoms with Gasteiger partial charge in [-0.25, -0.2) is 34.3 Å². The van der Waals surface area contributed by atoms with Gasteiger partial charge in [0.2, 0.25) is 0 Å². The maximum absolute atomic E-state index is 12.7. The molecule has 4 unspecified atom stereocenters. The summed E-state index contributed by atoms with van der Waals surface area (Å²) in [5.41, 5.74) is -2.22. The summed E-state index contributed by atoms with van der Waals surface area (Å²) in [6, 6.07) is 3.98. The minimum absolute atomic E-state index is 0.00810. The quantitative estimate of drug-likeness (QED) is 0.246. The van der Waals surface area contributed by atoms with Gasteiger partial charge in [0.05, 0.1) is 104 Å². The van der Waals surface area contributed by atoms with E-state index in [9.17, 15) is 84.9 Å². The van der Waals surface area contributed by atoms with Crippen LogP contribution in [0.4, 0.5) is 17.6 Å². The van der Waals surface area contributed by atoms with E-state index in [1.165, 1.54) is 6.92 Å². The number of hydrogen-bond donors (Lipinski definition) is 0. The molecule has 9 rings (SSSR count). The molecule has 4 atom stereocenters. The van der Waals surface area contributed by atoms with Crippen molar-refractivity contribution in [1.29, 1.82) is 10.5 Å². The highest BCUT2D eigenvalue weighted by molar-refractivity contribution is 7.88. The monoisotopic (exact) mass is 1310 g/mol. The van der Waals surface area contributed by atoms with Gasteiger partial charge in [0.15, 0.2) is 5.67 Å². The third kappa shape index (κ3) is 32.0. The number of hydrogen-bond acceptors (Lipinski definition) is 28. The van der Waals surface area contributed by atoms with Gasteiger partial charge >= 0.3 is 20.8 Å². The van der Waals surface area contributed by atoms with Crippen molar-refractivity contribution in [3.05, 3.63) is 0 Å². The maximum Gasteiger partial charge on any atom is 0.400 e. The topological polar surface area (TPSA) is 413 Å². The molecule has 0 amide bonds. The molecular formula is C39H66F4N2O26S8. The lowest BCUT2D eigenvalue weighted by atomic mass is 9.91. The van der Waals surface area contributed by atoms with Crippen LogP contribution in [-0.2, 0) is 123 Å². The maximum atomic E-state index is 12.7. The van der Waals surface area contributed by atoms with Crippen molar-refractivity contribution in [3.8, 4) is 12.1 Å². The molecule has 0 aromatic rings. The summed E-state index contributed by atoms with van der Waals surface area (Å²) in [5.74, 6) is -3.24. The van der Waals surface area contributed by atoms with Crippen molar-refractivity contribution in [3.63, 3.8) is 0 Å². The second-order valence-electron chi connectivity index (χ2n) is 20.3. The summed E-state index contributed by atoms with van der Waals surface area (Å²) in [7, 11) is -27.4. The molecule has 464 valence electrons. The minimum Gasteiger partial charge on any atom is -0.270 e. The van der Waals surface area contributed by atoms with Gasteiger partial charge in [-0.1, -0.05) is 20.8 Å². The number of rotatable bonds is 0. The normalized spacial score (nSPS) is 32.3. The van der Waals surface area contributed by atoms with Gasteiger partial charge in [-0.3, -0.25) is 25.1 Å². The Labute approximate surface area is 460 Å². The summed E-state index contributed by atoms with van der Waals surface area (Å²) < 4.78 is 261. The molecule has 0 aromatic carbocycles. The first kappa shape index (κ1) is 73.0. The van der Waals surface area contributed by atoms with Crippen LogP contribution in [0.15, 0.2) is 0 Å². The molecule has 0 radical (unpaired) electrons. The zero-order chi connectivity index (χ0) is 60.7. The van der Waals surface area contributed by atoms with Gasteiger partial charge in [0, 0.05) is 11.8 Å². The van der Waals surface area contributed by atoms with Crippen molar-refractivity contribution in [2.24, 2.45) is 28.1 Å². The molecule has 8 heterocycles. The third-order valence-electron chi connectivity index (χ3n) is 11.3. The van der Waals surface area contributed by atoms with E-state index in [1.807, 2.05) is 32.9 Å². The molecule has 9 aliphatic rings. The van der Waals surface area contributed by atoms with Crippen LogP contribution >= 0.6 is 0 Å². The number of nitriles is 2. The SMILES string of the molecule is CC1(C#N)CCS(=O)(=O)OC1.CC1(C)COS(=O)(=O)OC1.CC1(F)COS(=O)(=O)OC1.CC1CCS(=O)(=O)OC1.N#CC1CCS(=O)(=O)OC1.O=S1(=O)CCC(F)(F)CO1.O=S1(=O)CCC(F)CO1.O=S1(=O)CCC2(CC2)CO1. The zero-order valence-corrected chi connectivity index (χ0v) is 50.0. The fourth-order valence-electron chi connectivity index (χ4n) is 5.65. The Morgan fingerprint density at radius 1 is 0.430 bits per heavy atom. The Morgan fingerprint density at radius 2 is 0.835 bits per heavy atom. The van der Waals surface area contributed by atoms with Crippen molar-refractivity contribution in [2.45, 2.75) is 104 Å². The van der Waals surface area contributed by atoms with E-state index >= 15 is 0 Å². The van der Waals surface area contributed by atoms with Crippen molar-refractivity contribution in [1.82, 2.24) is 0 Å². The van der Waals surface area contributed by atoms with Crippen LogP contribution in [-0.4, -0.2) is 186 Å². The predicted octanol–water partition coefficient (Wildman–Crippen LogP) is 1.79. The van der Waals surface area contributed by atoms with E-state index in [4.69, 9.17) is 14.7 Å². The molecule has 8 saturated heterocycles. The van der Waals surface area contributed by atoms with Crippen molar-refractivity contribution < 1.29 is 127 Å². The van der Waals surface area contributed by atoms with Gasteiger partial charge in [0.1, 0.15) is 26.0 Å². The average Bonchev–Trinajstić information content (AvgIpc) is 4.12. The molecule has 28 nitrogen and oxygen atoms in total. The van der Waals surface area contributed by atoms with E-state index < -0.39 is 137 Å². The number of nitrogens with zero attached hydrogens (tertiary/aromatic N) is 2. The Bertz CT molecular complexity index is 2690. The largest absolute Gasteiger partial charge is 0.400 e. The summed E-state index contributed by atoms with van der Waals surface area (Å²) in [6.07, 6.45) is 2.97. The molecular weight excluding hydrogens is 1240 g/mol. The second-order valence-corrected chi connectivity index (χ2v) is 33.5. The minimum atomic E-state index is -3.89. The molecule has 1 saturated carbocycles. The first-order valence-electron chi connectivity index (χ1n) is 23.5. The summed E-state index contributed by atoms with van der Waals surface area (Å²) in [4.78, 5) is 0. The van der Waals surface area contributed by atoms with Crippen LogP contribution in [0, 0.1) is 50.7 Å². The number of alkyl halides is 4. The summed E-state index contributed by atoms with van der Waals surface area (Å²) in [5, 5.41) is 16.9. The van der Waals surface area contributed by atoms with Crippen LogP contribution < -0.4 is 0 Å². The highest BCUT2D eigenvalue weighted by atomic mass is 32.3. The smallest absolute Gasteiger partial charge is 0.270 e. The Hall–Kier alpha value is -2.10. The van der Waals surface area contributed by atoms with Crippen LogP contribution in [0.1, 0.15) is 86.0 Å². The Morgan fingerprint density at radius 3 is 1.11 bits per heavy atom. The lowest BCUT2D eigenvalue weighted by Gasteiger charge is -2.27.